The van der Waals surface area contributed by atoms with Crippen molar-refractivity contribution in [2.24, 2.45) is 0 Å². The Kier molecular flexibility index (Phi) is 6.39. The van der Waals surface area contributed by atoms with E-state index in [9.17, 15) is 4.79 Å². The standard InChI is InChI=1S/C20H29N5O2S/c1-23(7-2-4-17-5-3-11-27-17)20(26)18-14-25-10-9-24(8-6-19(25)22-18)13-16-12-21-28-15-16/h12,14-15,17H,2-11,13H2,1H3. The van der Waals surface area contributed by atoms with Crippen LogP contribution in [0.25, 0.3) is 0 Å². The molecule has 2 aliphatic rings. The number of hydrogen-bond donors (Lipinski definition) is 0. The van der Waals surface area contributed by atoms with E-state index in [0.717, 1.165) is 70.8 Å². The molecule has 0 spiro atoms. The summed E-state index contributed by atoms with van der Waals surface area (Å²) in [6.07, 6.45) is 9.48. The van der Waals surface area contributed by atoms with E-state index in [0.29, 0.717) is 11.8 Å². The van der Waals surface area contributed by atoms with Crippen molar-refractivity contribution < 1.29 is 9.53 Å². The number of hydrogen-bond acceptors (Lipinski definition) is 6. The molecule has 7 nitrogen and oxygen atoms in total. The third kappa shape index (κ3) is 4.79. The highest BCUT2D eigenvalue weighted by Gasteiger charge is 2.22. The average molecular weight is 404 g/mol. The zero-order chi connectivity index (χ0) is 19.3. The first-order valence-corrected chi connectivity index (χ1v) is 11.1. The third-order valence-electron chi connectivity index (χ3n) is 5.67. The van der Waals surface area contributed by atoms with Crippen LogP contribution in [-0.2, 0) is 24.2 Å². The van der Waals surface area contributed by atoms with Crippen molar-refractivity contribution in [2.45, 2.75) is 51.3 Å². The zero-order valence-electron chi connectivity index (χ0n) is 16.5. The molecule has 2 aromatic rings. The lowest BCUT2D eigenvalue weighted by atomic mass is 10.1. The van der Waals surface area contributed by atoms with Crippen LogP contribution in [0.1, 0.15) is 47.6 Å². The molecular formula is C20H29N5O2S. The number of imidazole rings is 1. The summed E-state index contributed by atoms with van der Waals surface area (Å²) in [5, 5.41) is 2.11. The average Bonchev–Trinajstić information content (AvgIpc) is 3.44. The summed E-state index contributed by atoms with van der Waals surface area (Å²) in [5.41, 5.74) is 1.84. The molecule has 28 heavy (non-hydrogen) atoms. The van der Waals surface area contributed by atoms with Crippen molar-refractivity contribution in [3.05, 3.63) is 34.9 Å². The predicted molar refractivity (Wildman–Crippen MR) is 108 cm³/mol. The molecule has 8 heteroatoms. The number of aromatic nitrogens is 3. The van der Waals surface area contributed by atoms with Crippen LogP contribution >= 0.6 is 11.5 Å². The minimum Gasteiger partial charge on any atom is -0.378 e. The van der Waals surface area contributed by atoms with Crippen LogP contribution in [0.15, 0.2) is 17.8 Å². The fourth-order valence-electron chi connectivity index (χ4n) is 4.02. The number of amides is 1. The molecule has 2 aromatic heterocycles. The van der Waals surface area contributed by atoms with E-state index in [1.165, 1.54) is 23.5 Å². The fraction of sp³-hybridized carbons (Fsp3) is 0.650. The van der Waals surface area contributed by atoms with Gasteiger partial charge in [0.2, 0.25) is 0 Å². The normalized spacial score (nSPS) is 20.1. The van der Waals surface area contributed by atoms with Gasteiger partial charge in [0.05, 0.1) is 6.10 Å². The Morgan fingerprint density at radius 2 is 2.32 bits per heavy atom. The molecule has 0 radical (unpaired) electrons. The lowest BCUT2D eigenvalue weighted by Crippen LogP contribution is -2.29. The molecule has 0 aromatic carbocycles. The number of rotatable bonds is 7. The van der Waals surface area contributed by atoms with Gasteiger partial charge < -0.3 is 14.2 Å². The SMILES string of the molecule is CN(CCCC1CCCO1)C(=O)c1cn2c(n1)CCN(Cc1cnsc1)CC2. The van der Waals surface area contributed by atoms with Crippen molar-refractivity contribution in [3.8, 4) is 0 Å². The molecule has 0 bridgehead atoms. The first kappa shape index (κ1) is 19.5. The van der Waals surface area contributed by atoms with Crippen LogP contribution in [0.2, 0.25) is 0 Å². The van der Waals surface area contributed by atoms with Gasteiger partial charge in [0, 0.05) is 70.6 Å². The highest BCUT2D eigenvalue weighted by atomic mass is 32.1. The van der Waals surface area contributed by atoms with Gasteiger partial charge in [0.15, 0.2) is 0 Å². The Morgan fingerprint density at radius 1 is 1.39 bits per heavy atom. The van der Waals surface area contributed by atoms with E-state index in [4.69, 9.17) is 4.74 Å². The van der Waals surface area contributed by atoms with E-state index in [-0.39, 0.29) is 5.91 Å². The third-order valence-corrected chi connectivity index (χ3v) is 6.30. The van der Waals surface area contributed by atoms with E-state index in [1.807, 2.05) is 19.4 Å². The van der Waals surface area contributed by atoms with Crippen molar-refractivity contribution in [1.82, 2.24) is 23.7 Å². The lowest BCUT2D eigenvalue weighted by Gasteiger charge is -2.18. The Bertz CT molecular complexity index is 744. The summed E-state index contributed by atoms with van der Waals surface area (Å²) in [5.74, 6) is 1.04. The van der Waals surface area contributed by atoms with Crippen molar-refractivity contribution in [3.63, 3.8) is 0 Å². The van der Waals surface area contributed by atoms with Crippen LogP contribution in [-0.4, -0.2) is 69.0 Å². The molecule has 4 heterocycles. The lowest BCUT2D eigenvalue weighted by molar-refractivity contribution is 0.0758. The second-order valence-corrected chi connectivity index (χ2v) is 8.46. The molecule has 1 atom stereocenters. The minimum absolute atomic E-state index is 0.0223. The number of nitrogens with zero attached hydrogens (tertiary/aromatic N) is 5. The Balaban J connectivity index is 1.28. The second kappa shape index (κ2) is 9.15. The van der Waals surface area contributed by atoms with Gasteiger partial charge in [0.25, 0.3) is 5.91 Å². The second-order valence-electron chi connectivity index (χ2n) is 7.80. The highest BCUT2D eigenvalue weighted by Crippen LogP contribution is 2.18. The molecule has 0 aliphatic carbocycles. The van der Waals surface area contributed by atoms with Gasteiger partial charge >= 0.3 is 0 Å². The van der Waals surface area contributed by atoms with Gasteiger partial charge in [-0.15, -0.1) is 0 Å². The molecule has 2 aliphatic heterocycles. The first-order valence-electron chi connectivity index (χ1n) is 10.2. The number of ether oxygens (including phenoxy) is 1. The number of carbonyl (C=O) groups is 1. The van der Waals surface area contributed by atoms with Crippen molar-refractivity contribution in [1.29, 1.82) is 0 Å². The summed E-state index contributed by atoms with van der Waals surface area (Å²) in [7, 11) is 1.87. The number of fused-ring (bicyclic) bond motifs is 1. The first-order chi connectivity index (χ1) is 13.7. The smallest absolute Gasteiger partial charge is 0.273 e. The number of carbonyl (C=O) groups excluding carboxylic acids is 1. The summed E-state index contributed by atoms with van der Waals surface area (Å²) < 4.78 is 12.0. The van der Waals surface area contributed by atoms with E-state index < -0.39 is 0 Å². The summed E-state index contributed by atoms with van der Waals surface area (Å²) in [4.78, 5) is 21.6. The van der Waals surface area contributed by atoms with Gasteiger partial charge in [-0.05, 0) is 42.8 Å². The molecule has 0 saturated carbocycles. The fourth-order valence-corrected chi connectivity index (χ4v) is 4.54. The Hall–Kier alpha value is -1.77. The maximum Gasteiger partial charge on any atom is 0.273 e. The highest BCUT2D eigenvalue weighted by molar-refractivity contribution is 7.03. The molecule has 1 saturated heterocycles. The van der Waals surface area contributed by atoms with Gasteiger partial charge in [-0.1, -0.05) is 0 Å². The summed E-state index contributed by atoms with van der Waals surface area (Å²) >= 11 is 1.50. The molecular weight excluding hydrogens is 374 g/mol. The maximum atomic E-state index is 12.8. The zero-order valence-corrected chi connectivity index (χ0v) is 17.4. The van der Waals surface area contributed by atoms with Crippen LogP contribution in [0, 0.1) is 0 Å². The largest absolute Gasteiger partial charge is 0.378 e. The molecule has 152 valence electrons. The topological polar surface area (TPSA) is 63.5 Å². The van der Waals surface area contributed by atoms with Gasteiger partial charge in [0.1, 0.15) is 11.5 Å². The maximum absolute atomic E-state index is 12.8. The summed E-state index contributed by atoms with van der Waals surface area (Å²) in [6.45, 7) is 5.36. The van der Waals surface area contributed by atoms with Crippen molar-refractivity contribution >= 4 is 17.4 Å². The molecule has 0 N–H and O–H groups in total. The molecule has 4 rings (SSSR count). The van der Waals surface area contributed by atoms with Crippen LogP contribution in [0.4, 0.5) is 0 Å². The van der Waals surface area contributed by atoms with E-state index >= 15 is 0 Å². The molecule has 1 unspecified atom stereocenters. The minimum atomic E-state index is 0.0223. The molecule has 1 fully saturated rings. The van der Waals surface area contributed by atoms with E-state index in [2.05, 4.69) is 24.2 Å². The van der Waals surface area contributed by atoms with Gasteiger partial charge in [-0.25, -0.2) is 9.36 Å². The predicted octanol–water partition coefficient (Wildman–Crippen LogP) is 2.43. The summed E-state index contributed by atoms with van der Waals surface area (Å²) in [6, 6.07) is 0. The van der Waals surface area contributed by atoms with Crippen LogP contribution in [0.5, 0.6) is 0 Å². The van der Waals surface area contributed by atoms with Gasteiger partial charge in [-0.3, -0.25) is 9.69 Å². The quantitative estimate of drug-likeness (QED) is 0.711. The Morgan fingerprint density at radius 3 is 3.11 bits per heavy atom. The van der Waals surface area contributed by atoms with E-state index in [1.54, 1.807) is 4.90 Å². The Labute approximate surface area is 170 Å². The van der Waals surface area contributed by atoms with Crippen molar-refractivity contribution in [2.75, 3.05) is 33.3 Å². The van der Waals surface area contributed by atoms with Crippen LogP contribution in [0.3, 0.4) is 0 Å². The molecule has 1 amide bonds. The van der Waals surface area contributed by atoms with Crippen LogP contribution < -0.4 is 0 Å². The van der Waals surface area contributed by atoms with Gasteiger partial charge in [-0.2, -0.15) is 0 Å². The monoisotopic (exact) mass is 403 g/mol.